The summed E-state index contributed by atoms with van der Waals surface area (Å²) in [6.07, 6.45) is 1.90. The van der Waals surface area contributed by atoms with E-state index >= 15 is 0 Å². The summed E-state index contributed by atoms with van der Waals surface area (Å²) in [4.78, 5) is 26.8. The van der Waals surface area contributed by atoms with Gasteiger partial charge < -0.3 is 26.6 Å². The Bertz CT molecular complexity index is 1040. The normalized spacial score (nSPS) is 18.4. The number of aryl methyl sites for hydroxylation is 1. The fourth-order valence-corrected chi connectivity index (χ4v) is 3.50. The lowest BCUT2D eigenvalue weighted by Gasteiger charge is -2.15. The van der Waals surface area contributed by atoms with Crippen molar-refractivity contribution in [2.24, 2.45) is 0 Å². The number of nitrogen functional groups attached to an aromatic ring is 1. The Labute approximate surface area is 186 Å². The van der Waals surface area contributed by atoms with E-state index in [4.69, 9.17) is 10.8 Å². The maximum Gasteiger partial charge on any atom is 0.320 e. The van der Waals surface area contributed by atoms with E-state index in [0.29, 0.717) is 31.5 Å². The summed E-state index contributed by atoms with van der Waals surface area (Å²) < 4.78 is 0. The molecule has 1 amide bonds. The SMILES string of the molecule is Nc1cnc2ccccc2c1.O=C(NC1CN[C@H](C(=O)O)C1)[C@H](O)CCc1ccccc1. The predicted molar refractivity (Wildman–Crippen MR) is 123 cm³/mol. The number of carbonyl (C=O) groups excluding carboxylic acids is 1. The maximum absolute atomic E-state index is 11.9. The number of pyridine rings is 1. The molecular formula is C24H28N4O4. The Kier molecular flexibility index (Phi) is 8.13. The first-order valence-corrected chi connectivity index (χ1v) is 10.5. The van der Waals surface area contributed by atoms with Gasteiger partial charge in [-0.15, -0.1) is 0 Å². The zero-order valence-corrected chi connectivity index (χ0v) is 17.6. The van der Waals surface area contributed by atoms with E-state index in [-0.39, 0.29) is 6.04 Å². The number of amides is 1. The van der Waals surface area contributed by atoms with Crippen LogP contribution in [-0.4, -0.2) is 51.8 Å². The molecule has 6 N–H and O–H groups in total. The number of fused-ring (bicyclic) bond motifs is 1. The summed E-state index contributed by atoms with van der Waals surface area (Å²) in [6, 6.07) is 18.6. The first-order chi connectivity index (χ1) is 15.4. The molecule has 1 aromatic heterocycles. The highest BCUT2D eigenvalue weighted by Crippen LogP contribution is 2.13. The summed E-state index contributed by atoms with van der Waals surface area (Å²) in [5.74, 6) is -1.36. The Morgan fingerprint density at radius 3 is 2.59 bits per heavy atom. The molecule has 1 aliphatic rings. The molecule has 2 aromatic carbocycles. The van der Waals surface area contributed by atoms with Gasteiger partial charge in [-0.05, 0) is 37.0 Å². The van der Waals surface area contributed by atoms with Crippen molar-refractivity contribution < 1.29 is 19.8 Å². The van der Waals surface area contributed by atoms with Gasteiger partial charge in [-0.25, -0.2) is 0 Å². The van der Waals surface area contributed by atoms with Gasteiger partial charge in [0.1, 0.15) is 12.1 Å². The summed E-state index contributed by atoms with van der Waals surface area (Å²) in [7, 11) is 0. The molecule has 0 saturated carbocycles. The Hall–Kier alpha value is -3.49. The predicted octanol–water partition coefficient (Wildman–Crippen LogP) is 1.73. The number of nitrogens with zero attached hydrogens (tertiary/aromatic N) is 1. The van der Waals surface area contributed by atoms with Gasteiger partial charge in [-0.3, -0.25) is 14.6 Å². The van der Waals surface area contributed by atoms with E-state index in [1.807, 2.05) is 60.7 Å². The zero-order chi connectivity index (χ0) is 22.9. The van der Waals surface area contributed by atoms with Gasteiger partial charge in [0.25, 0.3) is 0 Å². The second kappa shape index (κ2) is 11.2. The van der Waals surface area contributed by atoms with Gasteiger partial charge in [-0.2, -0.15) is 0 Å². The number of carboxylic acid groups (broad SMARTS) is 1. The van der Waals surface area contributed by atoms with Gasteiger partial charge in [-0.1, -0.05) is 48.5 Å². The van der Waals surface area contributed by atoms with Crippen LogP contribution < -0.4 is 16.4 Å². The topological polar surface area (TPSA) is 138 Å². The number of benzene rings is 2. The van der Waals surface area contributed by atoms with E-state index in [9.17, 15) is 14.7 Å². The Morgan fingerprint density at radius 2 is 1.88 bits per heavy atom. The summed E-state index contributed by atoms with van der Waals surface area (Å²) in [5.41, 5.74) is 8.33. The van der Waals surface area contributed by atoms with E-state index in [0.717, 1.165) is 16.5 Å². The molecular weight excluding hydrogens is 408 g/mol. The molecule has 1 aliphatic heterocycles. The van der Waals surface area contributed by atoms with E-state index in [1.54, 1.807) is 6.20 Å². The van der Waals surface area contributed by atoms with Gasteiger partial charge in [0, 0.05) is 18.0 Å². The lowest BCUT2D eigenvalue weighted by molar-refractivity contribution is -0.139. The zero-order valence-electron chi connectivity index (χ0n) is 17.6. The fraction of sp³-hybridized carbons (Fsp3) is 0.292. The van der Waals surface area contributed by atoms with Crippen LogP contribution >= 0.6 is 0 Å². The number of para-hydroxylation sites is 1. The molecule has 0 bridgehead atoms. The number of aliphatic hydroxyl groups is 1. The van der Waals surface area contributed by atoms with Crippen LogP contribution in [0.5, 0.6) is 0 Å². The van der Waals surface area contributed by atoms with Crippen LogP contribution in [0.1, 0.15) is 18.4 Å². The van der Waals surface area contributed by atoms with Crippen LogP contribution in [0.25, 0.3) is 10.9 Å². The summed E-state index contributed by atoms with van der Waals surface area (Å²) in [6.45, 7) is 0.411. The van der Waals surface area contributed by atoms with Crippen molar-refractivity contribution in [2.75, 3.05) is 12.3 Å². The molecule has 8 heteroatoms. The lowest BCUT2D eigenvalue weighted by atomic mass is 10.1. The number of hydrogen-bond donors (Lipinski definition) is 5. The number of hydrogen-bond acceptors (Lipinski definition) is 6. The van der Waals surface area contributed by atoms with Crippen molar-refractivity contribution >= 4 is 28.5 Å². The van der Waals surface area contributed by atoms with Crippen molar-refractivity contribution in [3.05, 3.63) is 72.4 Å². The number of aliphatic carboxylic acids is 1. The number of anilines is 1. The second-order valence-corrected chi connectivity index (χ2v) is 7.74. The Morgan fingerprint density at radius 1 is 1.16 bits per heavy atom. The average Bonchev–Trinajstić information content (AvgIpc) is 3.27. The molecule has 0 aliphatic carbocycles. The number of nitrogens with one attached hydrogen (secondary N) is 2. The molecule has 1 saturated heterocycles. The molecule has 0 radical (unpaired) electrons. The molecule has 0 spiro atoms. The number of nitrogens with two attached hydrogens (primary N) is 1. The van der Waals surface area contributed by atoms with Crippen LogP contribution in [0.2, 0.25) is 0 Å². The third-order valence-electron chi connectivity index (χ3n) is 5.24. The largest absolute Gasteiger partial charge is 0.480 e. The number of carboxylic acids is 1. The van der Waals surface area contributed by atoms with Crippen molar-refractivity contribution in [1.82, 2.24) is 15.6 Å². The van der Waals surface area contributed by atoms with Crippen molar-refractivity contribution in [3.63, 3.8) is 0 Å². The number of rotatable bonds is 6. The second-order valence-electron chi connectivity index (χ2n) is 7.74. The standard InChI is InChI=1S/C15H20N2O4.C9H8N2/c18-13(7-6-10-4-2-1-3-5-10)14(19)17-11-8-12(15(20)21)16-9-11;10-8-5-7-3-1-2-4-9(7)11-6-8/h1-5,11-13,16,18H,6-9H2,(H,17,19)(H,20,21);1-6H,10H2/t11?,12-,13+;/m0./s1. The van der Waals surface area contributed by atoms with Crippen molar-refractivity contribution in [3.8, 4) is 0 Å². The number of aliphatic hydroxyl groups excluding tert-OH is 1. The smallest absolute Gasteiger partial charge is 0.320 e. The quantitative estimate of drug-likeness (QED) is 0.397. The molecule has 4 rings (SSSR count). The highest BCUT2D eigenvalue weighted by molar-refractivity contribution is 5.81. The molecule has 168 valence electrons. The minimum atomic E-state index is -1.07. The minimum absolute atomic E-state index is 0.245. The van der Waals surface area contributed by atoms with Crippen LogP contribution in [-0.2, 0) is 16.0 Å². The Balaban J connectivity index is 0.000000219. The average molecular weight is 437 g/mol. The molecule has 1 unspecified atom stereocenters. The first-order valence-electron chi connectivity index (χ1n) is 10.5. The number of aromatic nitrogens is 1. The fourth-order valence-electron chi connectivity index (χ4n) is 3.50. The molecule has 3 atom stereocenters. The molecule has 1 fully saturated rings. The summed E-state index contributed by atoms with van der Waals surface area (Å²) in [5, 5.41) is 25.3. The van der Waals surface area contributed by atoms with Crippen molar-refractivity contribution in [2.45, 2.75) is 37.5 Å². The molecule has 3 aromatic rings. The van der Waals surface area contributed by atoms with Crippen LogP contribution in [0.15, 0.2) is 66.9 Å². The first kappa shape index (κ1) is 23.2. The maximum atomic E-state index is 11.9. The van der Waals surface area contributed by atoms with Gasteiger partial charge in [0.15, 0.2) is 0 Å². The van der Waals surface area contributed by atoms with Gasteiger partial charge in [0.2, 0.25) is 5.91 Å². The minimum Gasteiger partial charge on any atom is -0.480 e. The molecule has 32 heavy (non-hydrogen) atoms. The highest BCUT2D eigenvalue weighted by Gasteiger charge is 2.31. The van der Waals surface area contributed by atoms with Crippen LogP contribution in [0, 0.1) is 0 Å². The van der Waals surface area contributed by atoms with Gasteiger partial charge >= 0.3 is 5.97 Å². The summed E-state index contributed by atoms with van der Waals surface area (Å²) >= 11 is 0. The van der Waals surface area contributed by atoms with E-state index in [1.165, 1.54) is 0 Å². The third-order valence-corrected chi connectivity index (χ3v) is 5.24. The molecule has 2 heterocycles. The van der Waals surface area contributed by atoms with E-state index in [2.05, 4.69) is 15.6 Å². The lowest BCUT2D eigenvalue weighted by Crippen LogP contribution is -2.42. The van der Waals surface area contributed by atoms with Crippen molar-refractivity contribution in [1.29, 1.82) is 0 Å². The molecule has 8 nitrogen and oxygen atoms in total. The van der Waals surface area contributed by atoms with E-state index < -0.39 is 24.0 Å². The third kappa shape index (κ3) is 6.76. The van der Waals surface area contributed by atoms with Crippen LogP contribution in [0.4, 0.5) is 5.69 Å². The monoisotopic (exact) mass is 436 g/mol. The van der Waals surface area contributed by atoms with Crippen LogP contribution in [0.3, 0.4) is 0 Å². The van der Waals surface area contributed by atoms with Gasteiger partial charge in [0.05, 0.1) is 17.4 Å². The number of carbonyl (C=O) groups is 2. The highest BCUT2D eigenvalue weighted by atomic mass is 16.4.